The second kappa shape index (κ2) is 21.2. The van der Waals surface area contributed by atoms with E-state index < -0.39 is 10.6 Å². The summed E-state index contributed by atoms with van der Waals surface area (Å²) in [6.45, 7) is 5.39. The summed E-state index contributed by atoms with van der Waals surface area (Å²) < 4.78 is 18.2. The van der Waals surface area contributed by atoms with Crippen LogP contribution in [-0.4, -0.2) is 40.4 Å². The van der Waals surface area contributed by atoms with Crippen molar-refractivity contribution in [2.75, 3.05) is 26.2 Å². The van der Waals surface area contributed by atoms with Crippen molar-refractivity contribution in [3.05, 3.63) is 0 Å². The SMILES string of the molecule is [B]CCCCCC(OC)OS(C)(C)OCC(CCCCCC)CCCCCCCC. The fraction of sp³-hybridized carbons (Fsp3) is 1.00. The minimum atomic E-state index is -1.56. The summed E-state index contributed by atoms with van der Waals surface area (Å²) in [5.74, 6) is 0.661. The molecule has 0 aliphatic rings. The molecule has 0 aliphatic carbocycles. The predicted octanol–water partition coefficient (Wildman–Crippen LogP) is 8.37. The largest absolute Gasteiger partial charge is 0.354 e. The molecule has 0 aromatic carbocycles. The first-order chi connectivity index (χ1) is 14.5. The van der Waals surface area contributed by atoms with Crippen LogP contribution >= 0.6 is 10.6 Å². The first-order valence-electron chi connectivity index (χ1n) is 12.8. The van der Waals surface area contributed by atoms with E-state index in [1.807, 2.05) is 0 Å². The summed E-state index contributed by atoms with van der Waals surface area (Å²) in [6.07, 6.45) is 25.1. The Morgan fingerprint density at radius 1 is 0.700 bits per heavy atom. The van der Waals surface area contributed by atoms with E-state index in [4.69, 9.17) is 20.9 Å². The highest BCUT2D eigenvalue weighted by atomic mass is 32.3. The van der Waals surface area contributed by atoms with Crippen LogP contribution in [0.2, 0.25) is 6.32 Å². The molecule has 30 heavy (non-hydrogen) atoms. The zero-order valence-electron chi connectivity index (χ0n) is 21.1. The Morgan fingerprint density at radius 3 is 1.77 bits per heavy atom. The summed E-state index contributed by atoms with van der Waals surface area (Å²) in [4.78, 5) is 0. The molecule has 5 heteroatoms. The van der Waals surface area contributed by atoms with Crippen LogP contribution in [-0.2, 0) is 13.1 Å². The van der Waals surface area contributed by atoms with E-state index in [2.05, 4.69) is 26.4 Å². The van der Waals surface area contributed by atoms with Crippen LogP contribution in [0.4, 0.5) is 0 Å². The van der Waals surface area contributed by atoms with E-state index in [9.17, 15) is 0 Å². The van der Waals surface area contributed by atoms with Gasteiger partial charge in [-0.2, -0.15) is 10.6 Å². The van der Waals surface area contributed by atoms with Crippen molar-refractivity contribution in [2.45, 2.75) is 129 Å². The standard InChI is InChI=1S/C25H53BO3S/c1-6-8-10-12-13-16-20-24(19-15-11-9-7-2)23-28-30(4,5)29-25(27-3)21-17-14-18-22-26/h24-25H,6-23H2,1-5H3. The van der Waals surface area contributed by atoms with Gasteiger partial charge in [-0.15, -0.1) is 0 Å². The van der Waals surface area contributed by atoms with Gasteiger partial charge in [0.1, 0.15) is 0 Å². The normalized spacial score (nSPS) is 14.7. The summed E-state index contributed by atoms with van der Waals surface area (Å²) >= 11 is 0. The molecule has 2 atom stereocenters. The maximum absolute atomic E-state index is 6.37. The van der Waals surface area contributed by atoms with E-state index in [-0.39, 0.29) is 6.29 Å². The summed E-state index contributed by atoms with van der Waals surface area (Å²) in [5.41, 5.74) is 0. The number of methoxy groups -OCH3 is 1. The van der Waals surface area contributed by atoms with Crippen molar-refractivity contribution in [3.8, 4) is 0 Å². The molecule has 180 valence electrons. The van der Waals surface area contributed by atoms with Crippen LogP contribution < -0.4 is 0 Å². The van der Waals surface area contributed by atoms with Crippen LogP contribution in [0.1, 0.15) is 117 Å². The summed E-state index contributed by atoms with van der Waals surface area (Å²) in [6, 6.07) is 0. The lowest BCUT2D eigenvalue weighted by Crippen LogP contribution is -2.21. The lowest BCUT2D eigenvalue weighted by molar-refractivity contribution is -0.0576. The third kappa shape index (κ3) is 19.0. The zero-order chi connectivity index (χ0) is 22.5. The molecule has 0 rings (SSSR count). The number of hydrogen-bond acceptors (Lipinski definition) is 3. The van der Waals surface area contributed by atoms with Crippen LogP contribution in [0.25, 0.3) is 0 Å². The molecule has 0 heterocycles. The fourth-order valence-corrected chi connectivity index (χ4v) is 5.04. The van der Waals surface area contributed by atoms with Crippen molar-refractivity contribution in [1.82, 2.24) is 0 Å². The Kier molecular flexibility index (Phi) is 21.4. The van der Waals surface area contributed by atoms with Crippen molar-refractivity contribution < 1.29 is 13.1 Å². The van der Waals surface area contributed by atoms with E-state index in [0.29, 0.717) is 5.92 Å². The zero-order valence-corrected chi connectivity index (χ0v) is 21.9. The molecule has 0 saturated heterocycles. The van der Waals surface area contributed by atoms with Gasteiger partial charge in [0.25, 0.3) is 0 Å². The molecular formula is C25H53BO3S. The molecule has 3 nitrogen and oxygen atoms in total. The Hall–Kier alpha value is 0.295. The highest BCUT2D eigenvalue weighted by molar-refractivity contribution is 8.24. The van der Waals surface area contributed by atoms with Crippen molar-refractivity contribution in [2.24, 2.45) is 5.92 Å². The molecule has 2 radical (unpaired) electrons. The lowest BCUT2D eigenvalue weighted by atomic mass is 9.95. The van der Waals surface area contributed by atoms with Gasteiger partial charge in [-0.05, 0) is 25.2 Å². The van der Waals surface area contributed by atoms with Gasteiger partial charge in [-0.1, -0.05) is 97.2 Å². The van der Waals surface area contributed by atoms with Gasteiger partial charge in [0.2, 0.25) is 0 Å². The summed E-state index contributed by atoms with van der Waals surface area (Å²) in [5, 5.41) is 0. The third-order valence-corrected chi connectivity index (χ3v) is 7.15. The van der Waals surface area contributed by atoms with Gasteiger partial charge in [0, 0.05) is 26.0 Å². The number of ether oxygens (including phenoxy) is 1. The molecule has 0 aromatic rings. The second-order valence-corrected chi connectivity index (χ2v) is 11.8. The van der Waals surface area contributed by atoms with Crippen LogP contribution in [0.5, 0.6) is 0 Å². The highest BCUT2D eigenvalue weighted by Gasteiger charge is 2.19. The Morgan fingerprint density at radius 2 is 1.20 bits per heavy atom. The van der Waals surface area contributed by atoms with Gasteiger partial charge >= 0.3 is 0 Å². The van der Waals surface area contributed by atoms with Crippen LogP contribution in [0, 0.1) is 5.92 Å². The minimum absolute atomic E-state index is 0.172. The topological polar surface area (TPSA) is 27.7 Å². The van der Waals surface area contributed by atoms with Crippen molar-refractivity contribution in [3.63, 3.8) is 0 Å². The maximum Gasteiger partial charge on any atom is 0.179 e. The second-order valence-electron chi connectivity index (χ2n) is 9.10. The third-order valence-electron chi connectivity index (χ3n) is 5.77. The van der Waals surface area contributed by atoms with Crippen molar-refractivity contribution >= 4 is 18.4 Å². The number of hydrogen-bond donors (Lipinski definition) is 0. The van der Waals surface area contributed by atoms with Crippen molar-refractivity contribution in [1.29, 1.82) is 0 Å². The first-order valence-corrected chi connectivity index (χ1v) is 15.1. The fourth-order valence-electron chi connectivity index (χ4n) is 3.77. The molecular weight excluding hydrogens is 391 g/mol. The minimum Gasteiger partial charge on any atom is -0.354 e. The summed E-state index contributed by atoms with van der Waals surface area (Å²) in [7, 11) is 5.76. The molecule has 2 unspecified atom stereocenters. The molecule has 0 bridgehead atoms. The molecule has 0 amide bonds. The smallest absolute Gasteiger partial charge is 0.179 e. The predicted molar refractivity (Wildman–Crippen MR) is 137 cm³/mol. The van der Waals surface area contributed by atoms with E-state index in [1.54, 1.807) is 7.11 Å². The molecule has 0 spiro atoms. The van der Waals surface area contributed by atoms with Crippen LogP contribution in [0.15, 0.2) is 0 Å². The first kappa shape index (κ1) is 30.3. The molecule has 0 aromatic heterocycles. The van der Waals surface area contributed by atoms with E-state index in [0.717, 1.165) is 38.6 Å². The van der Waals surface area contributed by atoms with Crippen LogP contribution in [0.3, 0.4) is 0 Å². The Bertz CT molecular complexity index is 355. The number of rotatable bonds is 23. The Labute approximate surface area is 192 Å². The van der Waals surface area contributed by atoms with Gasteiger partial charge in [-0.3, -0.25) is 8.37 Å². The van der Waals surface area contributed by atoms with Gasteiger partial charge in [0.15, 0.2) is 6.29 Å². The quantitative estimate of drug-likeness (QED) is 0.0900. The Balaban J connectivity index is 4.37. The van der Waals surface area contributed by atoms with Gasteiger partial charge < -0.3 is 4.74 Å². The van der Waals surface area contributed by atoms with Gasteiger partial charge in [0.05, 0.1) is 14.5 Å². The maximum atomic E-state index is 6.37. The molecule has 0 saturated carbocycles. The monoisotopic (exact) mass is 444 g/mol. The molecule has 0 N–H and O–H groups in total. The highest BCUT2D eigenvalue weighted by Crippen LogP contribution is 2.45. The number of unbranched alkanes of at least 4 members (excludes halogenated alkanes) is 10. The average molecular weight is 445 g/mol. The van der Waals surface area contributed by atoms with E-state index >= 15 is 0 Å². The lowest BCUT2D eigenvalue weighted by Gasteiger charge is -2.39. The molecule has 0 fully saturated rings. The average Bonchev–Trinajstić information content (AvgIpc) is 2.73. The van der Waals surface area contributed by atoms with E-state index in [1.165, 1.54) is 77.0 Å². The van der Waals surface area contributed by atoms with Gasteiger partial charge in [-0.25, -0.2) is 0 Å². The molecule has 0 aliphatic heterocycles.